The van der Waals surface area contributed by atoms with E-state index in [1.54, 1.807) is 12.3 Å². The Labute approximate surface area is 57.7 Å². The third-order valence-electron chi connectivity index (χ3n) is 1.06. The molecule has 0 heterocycles. The minimum Gasteiger partial charge on any atom is -0.502 e. The van der Waals surface area contributed by atoms with Crippen LogP contribution in [0.3, 0.4) is 0 Å². The Balaban J connectivity index is 2.75. The number of unbranched alkanes of at least 4 members (excludes halogenated alkanes) is 2. The standard InChI is InChI=1S/C8H15O/c1-3-5-6-8-9-7-4-2/h4,7H,2-3,5-6,8H2,1H3. The molecule has 0 unspecified atom stereocenters. The molecule has 1 radical (unpaired) electrons. The van der Waals surface area contributed by atoms with Crippen LogP contribution in [0, 0.1) is 6.92 Å². The summed E-state index contributed by atoms with van der Waals surface area (Å²) in [4.78, 5) is 0. The van der Waals surface area contributed by atoms with Gasteiger partial charge in [0.1, 0.15) is 0 Å². The average molecular weight is 127 g/mol. The van der Waals surface area contributed by atoms with Crippen molar-refractivity contribution >= 4 is 0 Å². The van der Waals surface area contributed by atoms with Gasteiger partial charge in [-0.2, -0.15) is 0 Å². The van der Waals surface area contributed by atoms with Crippen LogP contribution in [-0.4, -0.2) is 6.61 Å². The van der Waals surface area contributed by atoms with E-state index in [4.69, 9.17) is 4.74 Å². The molecule has 0 aromatic carbocycles. The second-order valence-electron chi connectivity index (χ2n) is 1.95. The predicted octanol–water partition coefficient (Wildman–Crippen LogP) is 2.54. The first-order valence-electron chi connectivity index (χ1n) is 3.47. The third-order valence-corrected chi connectivity index (χ3v) is 1.06. The summed E-state index contributed by atoms with van der Waals surface area (Å²) in [5, 5.41) is 0. The Hall–Kier alpha value is -0.460. The summed E-state index contributed by atoms with van der Waals surface area (Å²) in [5.41, 5.74) is 0. The lowest BCUT2D eigenvalue weighted by atomic mass is 10.3. The maximum absolute atomic E-state index is 5.04. The smallest absolute Gasteiger partial charge is 0.0873 e. The lowest BCUT2D eigenvalue weighted by Crippen LogP contribution is -1.85. The van der Waals surface area contributed by atoms with Crippen LogP contribution in [0.4, 0.5) is 0 Å². The second-order valence-corrected chi connectivity index (χ2v) is 1.95. The number of hydrogen-bond acceptors (Lipinski definition) is 1. The maximum atomic E-state index is 5.04. The molecule has 0 aliphatic heterocycles. The molecule has 0 aliphatic carbocycles. The zero-order valence-corrected chi connectivity index (χ0v) is 6.10. The summed E-state index contributed by atoms with van der Waals surface area (Å²) in [6.07, 6.45) is 6.95. The maximum Gasteiger partial charge on any atom is 0.0873 e. The van der Waals surface area contributed by atoms with E-state index in [0.29, 0.717) is 0 Å². The Kier molecular flexibility index (Phi) is 7.15. The molecule has 0 rings (SSSR count). The molecule has 0 aliphatic rings. The first-order chi connectivity index (χ1) is 4.41. The van der Waals surface area contributed by atoms with Crippen molar-refractivity contribution in [3.63, 3.8) is 0 Å². The zero-order chi connectivity index (χ0) is 6.95. The molecule has 1 heteroatoms. The summed E-state index contributed by atoms with van der Waals surface area (Å²) >= 11 is 0. The molecular formula is C8H15O. The van der Waals surface area contributed by atoms with Crippen molar-refractivity contribution < 1.29 is 4.74 Å². The van der Waals surface area contributed by atoms with Gasteiger partial charge in [0.25, 0.3) is 0 Å². The van der Waals surface area contributed by atoms with Crippen LogP contribution in [0.1, 0.15) is 26.2 Å². The molecule has 0 amide bonds. The van der Waals surface area contributed by atoms with Gasteiger partial charge in [-0.15, -0.1) is 0 Å². The summed E-state index contributed by atoms with van der Waals surface area (Å²) in [6, 6.07) is 0. The van der Waals surface area contributed by atoms with Crippen LogP contribution in [-0.2, 0) is 4.74 Å². The zero-order valence-electron chi connectivity index (χ0n) is 6.10. The average Bonchev–Trinajstić information content (AvgIpc) is 1.89. The van der Waals surface area contributed by atoms with Gasteiger partial charge in [-0.25, -0.2) is 0 Å². The lowest BCUT2D eigenvalue weighted by Gasteiger charge is -1.96. The van der Waals surface area contributed by atoms with Crippen LogP contribution in [0.5, 0.6) is 0 Å². The van der Waals surface area contributed by atoms with Gasteiger partial charge in [0.2, 0.25) is 0 Å². The summed E-state index contributed by atoms with van der Waals surface area (Å²) < 4.78 is 5.04. The van der Waals surface area contributed by atoms with Gasteiger partial charge < -0.3 is 4.74 Å². The number of ether oxygens (including phenoxy) is 1. The van der Waals surface area contributed by atoms with Crippen molar-refractivity contribution in [2.24, 2.45) is 0 Å². The van der Waals surface area contributed by atoms with E-state index < -0.39 is 0 Å². The fraction of sp³-hybridized carbons (Fsp3) is 0.625. The van der Waals surface area contributed by atoms with Crippen LogP contribution in [0.15, 0.2) is 12.3 Å². The van der Waals surface area contributed by atoms with E-state index in [1.165, 1.54) is 12.8 Å². The van der Waals surface area contributed by atoms with Crippen molar-refractivity contribution in [3.05, 3.63) is 19.3 Å². The summed E-state index contributed by atoms with van der Waals surface area (Å²) in [7, 11) is 0. The van der Waals surface area contributed by atoms with E-state index in [0.717, 1.165) is 13.0 Å². The van der Waals surface area contributed by atoms with Crippen LogP contribution in [0.2, 0.25) is 0 Å². The number of rotatable bonds is 5. The van der Waals surface area contributed by atoms with Gasteiger partial charge in [-0.05, 0) is 19.4 Å². The highest BCUT2D eigenvalue weighted by molar-refractivity contribution is 4.74. The monoisotopic (exact) mass is 127 g/mol. The molecule has 0 saturated heterocycles. The predicted molar refractivity (Wildman–Crippen MR) is 40.0 cm³/mol. The molecule has 0 fully saturated rings. The highest BCUT2D eigenvalue weighted by Gasteiger charge is 1.81. The molecule has 0 aromatic heterocycles. The van der Waals surface area contributed by atoms with Crippen molar-refractivity contribution in [2.75, 3.05) is 6.61 Å². The molecule has 0 aromatic rings. The summed E-state index contributed by atoms with van der Waals surface area (Å²) in [6.45, 7) is 6.51. The first kappa shape index (κ1) is 8.54. The Morgan fingerprint density at radius 3 is 2.78 bits per heavy atom. The van der Waals surface area contributed by atoms with Crippen molar-refractivity contribution in [1.29, 1.82) is 0 Å². The molecule has 53 valence electrons. The molecule has 1 nitrogen and oxygen atoms in total. The van der Waals surface area contributed by atoms with Gasteiger partial charge in [-0.1, -0.05) is 19.8 Å². The molecular weight excluding hydrogens is 112 g/mol. The number of hydrogen-bond donors (Lipinski definition) is 0. The highest BCUT2D eigenvalue weighted by atomic mass is 16.5. The minimum absolute atomic E-state index is 0.833. The second kappa shape index (κ2) is 7.54. The van der Waals surface area contributed by atoms with E-state index in [9.17, 15) is 0 Å². The van der Waals surface area contributed by atoms with Gasteiger partial charge in [-0.3, -0.25) is 0 Å². The third kappa shape index (κ3) is 7.54. The van der Waals surface area contributed by atoms with E-state index >= 15 is 0 Å². The van der Waals surface area contributed by atoms with E-state index in [-0.39, 0.29) is 0 Å². The van der Waals surface area contributed by atoms with Crippen LogP contribution >= 0.6 is 0 Å². The quantitative estimate of drug-likeness (QED) is 0.407. The van der Waals surface area contributed by atoms with Crippen molar-refractivity contribution in [1.82, 2.24) is 0 Å². The summed E-state index contributed by atoms with van der Waals surface area (Å²) in [5.74, 6) is 0. The van der Waals surface area contributed by atoms with Gasteiger partial charge in [0, 0.05) is 0 Å². The first-order valence-corrected chi connectivity index (χ1v) is 3.47. The molecule has 0 saturated carbocycles. The Morgan fingerprint density at radius 1 is 1.44 bits per heavy atom. The fourth-order valence-corrected chi connectivity index (χ4v) is 0.571. The topological polar surface area (TPSA) is 9.23 Å². The SMILES string of the molecule is [CH2]C=COCCCCC. The van der Waals surface area contributed by atoms with Crippen LogP contribution in [0.25, 0.3) is 0 Å². The van der Waals surface area contributed by atoms with Crippen LogP contribution < -0.4 is 0 Å². The molecule has 0 spiro atoms. The number of allylic oxidation sites excluding steroid dienone is 1. The molecule has 0 atom stereocenters. The van der Waals surface area contributed by atoms with Gasteiger partial charge >= 0.3 is 0 Å². The van der Waals surface area contributed by atoms with Gasteiger partial charge in [0.15, 0.2) is 0 Å². The van der Waals surface area contributed by atoms with Gasteiger partial charge in [0.05, 0.1) is 12.9 Å². The highest BCUT2D eigenvalue weighted by Crippen LogP contribution is 1.93. The van der Waals surface area contributed by atoms with E-state index in [1.807, 2.05) is 0 Å². The Morgan fingerprint density at radius 2 is 2.22 bits per heavy atom. The van der Waals surface area contributed by atoms with E-state index in [2.05, 4.69) is 13.8 Å². The Bertz CT molecular complexity index is 67.0. The molecule has 0 N–H and O–H groups in total. The largest absolute Gasteiger partial charge is 0.502 e. The molecule has 0 bridgehead atoms. The normalized spacial score (nSPS) is 10.4. The fourth-order valence-electron chi connectivity index (χ4n) is 0.571. The van der Waals surface area contributed by atoms with Crippen molar-refractivity contribution in [3.8, 4) is 0 Å². The van der Waals surface area contributed by atoms with Crippen molar-refractivity contribution in [2.45, 2.75) is 26.2 Å². The molecule has 9 heavy (non-hydrogen) atoms. The lowest BCUT2D eigenvalue weighted by molar-refractivity contribution is 0.241. The minimum atomic E-state index is 0.833.